The molecule has 11 amide bonds. The summed E-state index contributed by atoms with van der Waals surface area (Å²) in [6.45, 7) is 36.6. The minimum absolute atomic E-state index is 0.0373. The summed E-state index contributed by atoms with van der Waals surface area (Å²) in [6.07, 6.45) is 3.88. The van der Waals surface area contributed by atoms with E-state index in [4.69, 9.17) is 9.47 Å². The summed E-state index contributed by atoms with van der Waals surface area (Å²) in [5, 5.41) is 23.3. The molecular formula is C70H124N12O14. The second kappa shape index (κ2) is 40.4. The van der Waals surface area contributed by atoms with Crippen LogP contribution in [0.15, 0.2) is 24.8 Å². The van der Waals surface area contributed by atoms with Crippen molar-refractivity contribution in [2.24, 2.45) is 35.5 Å². The van der Waals surface area contributed by atoms with Crippen molar-refractivity contribution in [3.8, 4) is 0 Å². The number of allylic oxidation sites excluding steroid dienone is 1. The minimum atomic E-state index is -1.68. The van der Waals surface area contributed by atoms with E-state index in [-0.39, 0.29) is 56.6 Å². The molecule has 0 bridgehead atoms. The smallest absolute Gasteiger partial charge is 0.246 e. The number of aliphatic hydroxyl groups excluding tert-OH is 1. The molecule has 2 heterocycles. The van der Waals surface area contributed by atoms with Gasteiger partial charge < -0.3 is 70.1 Å². The Morgan fingerprint density at radius 2 is 1.02 bits per heavy atom. The van der Waals surface area contributed by atoms with Crippen molar-refractivity contribution >= 4 is 65.0 Å². The molecule has 0 saturated carbocycles. The first-order valence-electron chi connectivity index (χ1n) is 34.7. The third-order valence-electron chi connectivity index (χ3n) is 18.4. The van der Waals surface area contributed by atoms with Gasteiger partial charge >= 0.3 is 0 Å². The Morgan fingerprint density at radius 3 is 1.52 bits per heavy atom. The Labute approximate surface area is 574 Å². The van der Waals surface area contributed by atoms with E-state index in [1.54, 1.807) is 67.5 Å². The van der Waals surface area contributed by atoms with Gasteiger partial charge in [-0.05, 0) is 109 Å². The van der Waals surface area contributed by atoms with Gasteiger partial charge in [0.15, 0.2) is 0 Å². The van der Waals surface area contributed by atoms with Crippen LogP contribution in [0.25, 0.3) is 0 Å². The molecule has 0 aromatic rings. The first-order valence-corrected chi connectivity index (χ1v) is 34.7. The molecule has 2 fully saturated rings. The number of aliphatic hydroxyl groups is 1. The van der Waals surface area contributed by atoms with Gasteiger partial charge in [0.2, 0.25) is 65.0 Å². The van der Waals surface area contributed by atoms with Gasteiger partial charge in [0.1, 0.15) is 66.5 Å². The number of amides is 11. The summed E-state index contributed by atoms with van der Waals surface area (Å²) in [5.74, 6) is -10.3. The third kappa shape index (κ3) is 23.9. The number of unbranched alkanes of at least 4 members (excludes halogenated alkanes) is 1. The van der Waals surface area contributed by atoms with Gasteiger partial charge in [-0.3, -0.25) is 57.6 Å². The predicted molar refractivity (Wildman–Crippen MR) is 370 cm³/mol. The van der Waals surface area contributed by atoms with Crippen LogP contribution in [0.1, 0.15) is 156 Å². The van der Waals surface area contributed by atoms with Crippen LogP contribution in [0.4, 0.5) is 0 Å². The van der Waals surface area contributed by atoms with E-state index in [0.717, 1.165) is 31.0 Å². The topological polar surface area (TPSA) is 301 Å². The third-order valence-corrected chi connectivity index (χ3v) is 18.4. The van der Waals surface area contributed by atoms with Crippen LogP contribution in [-0.2, 0) is 62.2 Å². The second-order valence-electron chi connectivity index (χ2n) is 28.4. The summed E-state index contributed by atoms with van der Waals surface area (Å²) >= 11 is 0. The maximum absolute atomic E-state index is 15.3. The number of carbonyl (C=O) groups is 11. The molecule has 14 atom stereocenters. The maximum Gasteiger partial charge on any atom is 0.246 e. The van der Waals surface area contributed by atoms with Gasteiger partial charge in [-0.25, -0.2) is 0 Å². The number of hydrogen-bond donors (Lipinski definition) is 5. The molecule has 0 aromatic carbocycles. The van der Waals surface area contributed by atoms with Crippen LogP contribution in [0, 0.1) is 35.5 Å². The molecule has 0 spiro atoms. The molecule has 2 rings (SSSR count). The van der Waals surface area contributed by atoms with Gasteiger partial charge in [-0.2, -0.15) is 0 Å². The number of likely N-dealkylation sites (N-methyl/N-ethyl adjacent to an activating group) is 6. The molecule has 2 aliphatic rings. The summed E-state index contributed by atoms with van der Waals surface area (Å²) in [5.41, 5.74) is 0. The molecule has 96 heavy (non-hydrogen) atoms. The Kier molecular flexibility index (Phi) is 36.0. The summed E-state index contributed by atoms with van der Waals surface area (Å²) in [7, 11) is 8.48. The SMILES string of the molecule is C=CCN1C(=O)[C@H](CC)NC(=O)[C@H]([C@H](O)[C@H](C)/C=C/C)N(C)C(=O)[C@H](C(C)C)N(C)C(=O)[C@H](CC(C)C)N(C)C(=O)[C@H](CC(C)C)N(C)C(=O)[C@@H](C)NC(=O)[C@H](C)NC(=O)[C@H](CC(C)C)N(C)C(=O)[C@H](C(C)C)NC(=O)C([C@@H](C)OCCCCN2CCOCC2)N(C)C(=O)[C@H]1C. The van der Waals surface area contributed by atoms with Crippen molar-refractivity contribution in [1.29, 1.82) is 0 Å². The average molecular weight is 1360 g/mol. The van der Waals surface area contributed by atoms with Crippen LogP contribution < -0.4 is 21.3 Å². The van der Waals surface area contributed by atoms with Gasteiger partial charge in [0, 0.05) is 74.4 Å². The normalized spacial score (nSPS) is 27.4. The number of ether oxygens (including phenoxy) is 2. The van der Waals surface area contributed by atoms with Crippen LogP contribution >= 0.6 is 0 Å². The lowest BCUT2D eigenvalue weighted by atomic mass is 9.93. The molecule has 548 valence electrons. The zero-order valence-corrected chi connectivity index (χ0v) is 62.4. The highest BCUT2D eigenvalue weighted by molar-refractivity contribution is 6.00. The Hall–Kier alpha value is -6.51. The Bertz CT molecular complexity index is 2630. The second-order valence-corrected chi connectivity index (χ2v) is 28.4. The molecule has 1 unspecified atom stereocenters. The highest BCUT2D eigenvalue weighted by atomic mass is 16.5. The van der Waals surface area contributed by atoms with Crippen LogP contribution in [0.3, 0.4) is 0 Å². The summed E-state index contributed by atoms with van der Waals surface area (Å²) in [4.78, 5) is 175. The van der Waals surface area contributed by atoms with E-state index in [2.05, 4.69) is 32.7 Å². The van der Waals surface area contributed by atoms with Gasteiger partial charge in [0.25, 0.3) is 0 Å². The largest absolute Gasteiger partial charge is 0.390 e. The van der Waals surface area contributed by atoms with E-state index < -0.39 is 161 Å². The number of morpholine rings is 1. The monoisotopic (exact) mass is 1360 g/mol. The first kappa shape index (κ1) is 85.6. The average Bonchev–Trinajstić information content (AvgIpc) is 0.810. The van der Waals surface area contributed by atoms with E-state index in [1.807, 2.05) is 41.5 Å². The summed E-state index contributed by atoms with van der Waals surface area (Å²) in [6, 6.07) is -14.4. The molecule has 2 saturated heterocycles. The number of hydrogen-bond acceptors (Lipinski definition) is 15. The van der Waals surface area contributed by atoms with E-state index in [9.17, 15) is 24.3 Å². The van der Waals surface area contributed by atoms with Crippen molar-refractivity contribution < 1.29 is 67.3 Å². The van der Waals surface area contributed by atoms with E-state index in [0.29, 0.717) is 19.6 Å². The van der Waals surface area contributed by atoms with Crippen LogP contribution in [-0.4, -0.2) is 276 Å². The molecule has 5 N–H and O–H groups in total. The maximum atomic E-state index is 15.3. The summed E-state index contributed by atoms with van der Waals surface area (Å²) < 4.78 is 11.9. The first-order chi connectivity index (χ1) is 44.7. The number of nitrogens with zero attached hydrogens (tertiary/aromatic N) is 8. The molecule has 0 radical (unpaired) electrons. The standard InChI is InChI=1S/C70H124N12O14/c1-25-30-46(14)59(83)58-63(87)73-51(27-3)66(90)82(31-26-2)49(17)65(89)79(23)57(50(18)96-35-29-28-32-81-33-36-95-37-34-81)62(86)74-55(44(10)11)69(93)75(19)52(38-41(4)5)61(85)71-47(15)60(84)72-48(16)64(88)76(20)53(39-42(6)7)67(91)77(21)54(40-43(8)9)68(92)78(22)56(45(12)13)70(94)80(58)24/h25-26,30,41-59,83H,2,27-29,31-40H2,1,3-24H3,(H,71,85)(H,72,84)(H,73,87)(H,74,86)/b30-25+/t46-,47+,48-,49-,50-,51+,52+,53+,54+,55+,56+,57?,58+,59-/m1/s1. The fraction of sp³-hybridized carbons (Fsp3) is 0.786. The lowest BCUT2D eigenvalue weighted by Crippen LogP contribution is -2.64. The van der Waals surface area contributed by atoms with E-state index >= 15 is 33.6 Å². The van der Waals surface area contributed by atoms with Crippen molar-refractivity contribution in [3.63, 3.8) is 0 Å². The number of carbonyl (C=O) groups excluding carboxylic acids is 11. The zero-order chi connectivity index (χ0) is 73.5. The molecule has 0 aliphatic carbocycles. The zero-order valence-electron chi connectivity index (χ0n) is 62.4. The quantitative estimate of drug-likeness (QED) is 0.0814. The van der Waals surface area contributed by atoms with Crippen molar-refractivity contribution in [3.05, 3.63) is 24.8 Å². The predicted octanol–water partition coefficient (Wildman–Crippen LogP) is 3.29. The highest BCUT2D eigenvalue weighted by Crippen LogP contribution is 2.26. The van der Waals surface area contributed by atoms with Crippen molar-refractivity contribution in [2.45, 2.75) is 235 Å². The molecule has 0 aromatic heterocycles. The Morgan fingerprint density at radius 1 is 0.542 bits per heavy atom. The molecule has 2 aliphatic heterocycles. The molecule has 26 nitrogen and oxygen atoms in total. The lowest BCUT2D eigenvalue weighted by Gasteiger charge is -2.41. The van der Waals surface area contributed by atoms with E-state index in [1.165, 1.54) is 98.5 Å². The van der Waals surface area contributed by atoms with Gasteiger partial charge in [-0.1, -0.05) is 101 Å². The fourth-order valence-corrected chi connectivity index (χ4v) is 12.5. The van der Waals surface area contributed by atoms with Crippen molar-refractivity contribution in [2.75, 3.05) is 88.3 Å². The molecular weight excluding hydrogens is 1230 g/mol. The lowest BCUT2D eigenvalue weighted by molar-refractivity contribution is -0.157. The number of nitrogens with one attached hydrogen (secondary N) is 4. The number of rotatable bonds is 21. The van der Waals surface area contributed by atoms with Gasteiger partial charge in [-0.15, -0.1) is 6.58 Å². The van der Waals surface area contributed by atoms with Crippen molar-refractivity contribution in [1.82, 2.24) is 60.5 Å². The highest BCUT2D eigenvalue weighted by Gasteiger charge is 2.47. The minimum Gasteiger partial charge on any atom is -0.390 e. The Balaban J connectivity index is 3.06. The van der Waals surface area contributed by atoms with Crippen LogP contribution in [0.2, 0.25) is 0 Å². The molecule has 26 heteroatoms. The fourth-order valence-electron chi connectivity index (χ4n) is 12.5. The van der Waals surface area contributed by atoms with Crippen LogP contribution in [0.5, 0.6) is 0 Å². The van der Waals surface area contributed by atoms with Gasteiger partial charge in [0.05, 0.1) is 25.4 Å².